The molecular formula is C13H17ClN2O3. The SMILES string of the molecule is CCNC(C)CC(=O)Nc1ccc(Cl)c(C(=O)O)c1. The first-order valence-electron chi connectivity index (χ1n) is 6.00. The highest BCUT2D eigenvalue weighted by Gasteiger charge is 2.12. The van der Waals surface area contributed by atoms with Gasteiger partial charge in [-0.25, -0.2) is 4.79 Å². The molecule has 1 rings (SSSR count). The summed E-state index contributed by atoms with van der Waals surface area (Å²) < 4.78 is 0. The zero-order valence-corrected chi connectivity index (χ0v) is 11.6. The molecule has 0 heterocycles. The molecule has 0 saturated heterocycles. The van der Waals surface area contributed by atoms with E-state index in [1.807, 2.05) is 13.8 Å². The second kappa shape index (κ2) is 7.11. The Kier molecular flexibility index (Phi) is 5.79. The van der Waals surface area contributed by atoms with Gasteiger partial charge in [0.05, 0.1) is 10.6 Å². The van der Waals surface area contributed by atoms with E-state index in [0.717, 1.165) is 6.54 Å². The zero-order valence-electron chi connectivity index (χ0n) is 10.9. The van der Waals surface area contributed by atoms with Crippen molar-refractivity contribution in [3.8, 4) is 0 Å². The Hall–Kier alpha value is -1.59. The van der Waals surface area contributed by atoms with Crippen LogP contribution in [0.25, 0.3) is 0 Å². The number of carbonyl (C=O) groups is 2. The molecule has 5 nitrogen and oxygen atoms in total. The number of hydrogen-bond acceptors (Lipinski definition) is 3. The van der Waals surface area contributed by atoms with Crippen LogP contribution >= 0.6 is 11.6 Å². The Morgan fingerprint density at radius 3 is 2.68 bits per heavy atom. The maximum atomic E-state index is 11.7. The number of anilines is 1. The lowest BCUT2D eigenvalue weighted by Crippen LogP contribution is -2.30. The van der Waals surface area contributed by atoms with Gasteiger partial charge in [0.15, 0.2) is 0 Å². The molecule has 1 atom stereocenters. The molecule has 0 aromatic heterocycles. The fourth-order valence-electron chi connectivity index (χ4n) is 1.68. The predicted molar refractivity (Wildman–Crippen MR) is 74.8 cm³/mol. The van der Waals surface area contributed by atoms with Crippen LogP contribution in [0.5, 0.6) is 0 Å². The van der Waals surface area contributed by atoms with E-state index in [0.29, 0.717) is 12.1 Å². The summed E-state index contributed by atoms with van der Waals surface area (Å²) in [5.74, 6) is -1.30. The second-order valence-corrected chi connectivity index (χ2v) is 4.62. The molecule has 1 aromatic rings. The van der Waals surface area contributed by atoms with E-state index in [2.05, 4.69) is 10.6 Å². The van der Waals surface area contributed by atoms with Crippen molar-refractivity contribution in [2.45, 2.75) is 26.3 Å². The lowest BCUT2D eigenvalue weighted by molar-refractivity contribution is -0.116. The van der Waals surface area contributed by atoms with E-state index in [-0.39, 0.29) is 22.5 Å². The molecule has 0 aliphatic heterocycles. The molecule has 104 valence electrons. The van der Waals surface area contributed by atoms with Gasteiger partial charge >= 0.3 is 5.97 Å². The van der Waals surface area contributed by atoms with Gasteiger partial charge in [0.2, 0.25) is 5.91 Å². The first kappa shape index (κ1) is 15.5. The summed E-state index contributed by atoms with van der Waals surface area (Å²) in [6.45, 7) is 4.67. The van der Waals surface area contributed by atoms with Gasteiger partial charge in [-0.1, -0.05) is 18.5 Å². The molecule has 1 amide bonds. The van der Waals surface area contributed by atoms with Crippen LogP contribution < -0.4 is 10.6 Å². The van der Waals surface area contributed by atoms with Crippen molar-refractivity contribution in [1.82, 2.24) is 5.32 Å². The second-order valence-electron chi connectivity index (χ2n) is 4.21. The fraction of sp³-hybridized carbons (Fsp3) is 0.385. The monoisotopic (exact) mass is 284 g/mol. The maximum Gasteiger partial charge on any atom is 0.337 e. The third-order valence-corrected chi connectivity index (χ3v) is 2.85. The van der Waals surface area contributed by atoms with Crippen LogP contribution in [0.4, 0.5) is 5.69 Å². The largest absolute Gasteiger partial charge is 0.478 e. The van der Waals surface area contributed by atoms with Gasteiger partial charge in [-0.05, 0) is 31.7 Å². The Morgan fingerprint density at radius 2 is 2.11 bits per heavy atom. The van der Waals surface area contributed by atoms with E-state index in [1.165, 1.54) is 12.1 Å². The normalized spacial score (nSPS) is 11.9. The molecule has 19 heavy (non-hydrogen) atoms. The highest BCUT2D eigenvalue weighted by Crippen LogP contribution is 2.20. The number of halogens is 1. The van der Waals surface area contributed by atoms with E-state index in [1.54, 1.807) is 6.07 Å². The minimum atomic E-state index is -1.12. The van der Waals surface area contributed by atoms with Crippen LogP contribution in [0.15, 0.2) is 18.2 Å². The number of amides is 1. The van der Waals surface area contributed by atoms with Gasteiger partial charge in [-0.3, -0.25) is 4.79 Å². The average molecular weight is 285 g/mol. The Labute approximate surface area is 117 Å². The van der Waals surface area contributed by atoms with Gasteiger partial charge in [0.1, 0.15) is 0 Å². The van der Waals surface area contributed by atoms with Crippen LogP contribution in [-0.4, -0.2) is 29.6 Å². The fourth-order valence-corrected chi connectivity index (χ4v) is 1.88. The van der Waals surface area contributed by atoms with Crippen molar-refractivity contribution in [1.29, 1.82) is 0 Å². The molecule has 1 aromatic carbocycles. The third-order valence-electron chi connectivity index (χ3n) is 2.52. The first-order valence-corrected chi connectivity index (χ1v) is 6.38. The van der Waals surface area contributed by atoms with Gasteiger partial charge in [0.25, 0.3) is 0 Å². The van der Waals surface area contributed by atoms with Crippen LogP contribution in [0.3, 0.4) is 0 Å². The summed E-state index contributed by atoms with van der Waals surface area (Å²) in [6, 6.07) is 4.44. The average Bonchev–Trinajstić information content (AvgIpc) is 2.31. The number of aromatic carboxylic acids is 1. The topological polar surface area (TPSA) is 78.4 Å². The summed E-state index contributed by atoms with van der Waals surface area (Å²) in [4.78, 5) is 22.6. The maximum absolute atomic E-state index is 11.7. The number of benzene rings is 1. The number of carboxylic acids is 1. The smallest absolute Gasteiger partial charge is 0.337 e. The van der Waals surface area contributed by atoms with E-state index in [9.17, 15) is 9.59 Å². The molecule has 3 N–H and O–H groups in total. The lowest BCUT2D eigenvalue weighted by Gasteiger charge is -2.12. The molecule has 1 unspecified atom stereocenters. The number of hydrogen-bond donors (Lipinski definition) is 3. The standard InChI is InChI=1S/C13H17ClN2O3/c1-3-15-8(2)6-12(17)16-9-4-5-11(14)10(7-9)13(18)19/h4-5,7-8,15H,3,6H2,1-2H3,(H,16,17)(H,18,19). The number of nitrogens with one attached hydrogen (secondary N) is 2. The van der Waals surface area contributed by atoms with Crippen LogP contribution in [0.2, 0.25) is 5.02 Å². The van der Waals surface area contributed by atoms with Crippen LogP contribution in [0.1, 0.15) is 30.6 Å². The minimum Gasteiger partial charge on any atom is -0.478 e. The van der Waals surface area contributed by atoms with Crippen molar-refractivity contribution in [2.75, 3.05) is 11.9 Å². The van der Waals surface area contributed by atoms with Crippen molar-refractivity contribution >= 4 is 29.2 Å². The first-order chi connectivity index (χ1) is 8.93. The summed E-state index contributed by atoms with van der Waals surface area (Å²) in [7, 11) is 0. The molecule has 6 heteroatoms. The predicted octanol–water partition coefficient (Wildman–Crippen LogP) is 2.36. The Balaban J connectivity index is 2.69. The van der Waals surface area contributed by atoms with Crippen molar-refractivity contribution in [3.63, 3.8) is 0 Å². The van der Waals surface area contributed by atoms with Gasteiger partial charge in [0, 0.05) is 18.2 Å². The van der Waals surface area contributed by atoms with E-state index < -0.39 is 5.97 Å². The molecular weight excluding hydrogens is 268 g/mol. The number of carbonyl (C=O) groups excluding carboxylic acids is 1. The molecule has 0 radical (unpaired) electrons. The highest BCUT2D eigenvalue weighted by molar-refractivity contribution is 6.33. The Morgan fingerprint density at radius 1 is 1.42 bits per heavy atom. The number of carboxylic acid groups (broad SMARTS) is 1. The molecule has 0 aliphatic carbocycles. The number of rotatable bonds is 6. The third kappa shape index (κ3) is 4.89. The lowest BCUT2D eigenvalue weighted by atomic mass is 10.2. The molecule has 0 fully saturated rings. The summed E-state index contributed by atoms with van der Waals surface area (Å²) in [5.41, 5.74) is 0.398. The highest BCUT2D eigenvalue weighted by atomic mass is 35.5. The summed E-state index contributed by atoms with van der Waals surface area (Å²) >= 11 is 5.75. The van der Waals surface area contributed by atoms with Crippen molar-refractivity contribution in [3.05, 3.63) is 28.8 Å². The van der Waals surface area contributed by atoms with E-state index in [4.69, 9.17) is 16.7 Å². The summed E-state index contributed by atoms with van der Waals surface area (Å²) in [5, 5.41) is 14.9. The summed E-state index contributed by atoms with van der Waals surface area (Å²) in [6.07, 6.45) is 0.318. The quantitative estimate of drug-likeness (QED) is 0.749. The zero-order chi connectivity index (χ0) is 14.4. The molecule has 0 spiro atoms. The Bertz CT molecular complexity index is 477. The van der Waals surface area contributed by atoms with Crippen LogP contribution in [0, 0.1) is 0 Å². The van der Waals surface area contributed by atoms with Crippen LogP contribution in [-0.2, 0) is 4.79 Å². The van der Waals surface area contributed by atoms with Crippen molar-refractivity contribution in [2.24, 2.45) is 0 Å². The van der Waals surface area contributed by atoms with Crippen molar-refractivity contribution < 1.29 is 14.7 Å². The molecule has 0 saturated carbocycles. The minimum absolute atomic E-state index is 0.0285. The molecule has 0 aliphatic rings. The van der Waals surface area contributed by atoms with Gasteiger partial charge in [-0.2, -0.15) is 0 Å². The van der Waals surface area contributed by atoms with E-state index >= 15 is 0 Å². The molecule has 0 bridgehead atoms. The van der Waals surface area contributed by atoms with Gasteiger partial charge in [-0.15, -0.1) is 0 Å². The van der Waals surface area contributed by atoms with Gasteiger partial charge < -0.3 is 15.7 Å².